The zero-order valence-electron chi connectivity index (χ0n) is 8.45. The molecule has 0 aliphatic rings. The Balaban J connectivity index is 0.000000583. The minimum Gasteiger partial charge on any atom is -0.466 e. The molecule has 0 aromatic heterocycles. The number of aryl methyl sites for hydroxylation is 1. The van der Waals surface area contributed by atoms with Crippen LogP contribution in [0, 0.1) is 6.92 Å². The van der Waals surface area contributed by atoms with E-state index in [1.54, 1.807) is 7.11 Å². The van der Waals surface area contributed by atoms with Gasteiger partial charge in [-0.15, -0.1) is 0 Å². The Morgan fingerprint density at radius 1 is 1.40 bits per heavy atom. The highest BCUT2D eigenvalue weighted by Crippen LogP contribution is 2.24. The van der Waals surface area contributed by atoms with Gasteiger partial charge in [0.05, 0.1) is 5.02 Å². The third-order valence-corrected chi connectivity index (χ3v) is 1.72. The molecule has 4 nitrogen and oxygen atoms in total. The van der Waals surface area contributed by atoms with Crippen LogP contribution in [0.4, 0.5) is 0 Å². The first-order chi connectivity index (χ1) is 7.15. The number of methoxy groups -OCH3 is 1. The van der Waals surface area contributed by atoms with E-state index in [1.165, 1.54) is 0 Å². The fourth-order valence-electron chi connectivity index (χ4n) is 0.845. The minimum atomic E-state index is 0.225. The lowest BCUT2D eigenvalue weighted by atomic mass is 10.2. The average molecular weight is 231 g/mol. The molecule has 5 heteroatoms. The summed E-state index contributed by atoms with van der Waals surface area (Å²) in [5.74, 6) is 0.657. The summed E-state index contributed by atoms with van der Waals surface area (Å²) in [5, 5.41) is 0.618. The van der Waals surface area contributed by atoms with Crippen LogP contribution >= 0.6 is 11.6 Å². The maximum absolute atomic E-state index is 8.12. The lowest BCUT2D eigenvalue weighted by Gasteiger charge is -2.06. The molecule has 15 heavy (non-hydrogen) atoms. The van der Waals surface area contributed by atoms with Crippen molar-refractivity contribution >= 4 is 17.8 Å². The largest absolute Gasteiger partial charge is 0.466 e. The summed E-state index contributed by atoms with van der Waals surface area (Å²) in [4.78, 5) is 16.2. The molecule has 0 aliphatic carbocycles. The van der Waals surface area contributed by atoms with E-state index in [0.717, 1.165) is 5.56 Å². The van der Waals surface area contributed by atoms with Crippen molar-refractivity contribution < 1.29 is 19.1 Å². The highest BCUT2D eigenvalue weighted by Gasteiger charge is 1.99. The second-order valence-corrected chi connectivity index (χ2v) is 2.98. The van der Waals surface area contributed by atoms with Crippen LogP contribution in [0.2, 0.25) is 5.02 Å². The first kappa shape index (κ1) is 13.7. The maximum atomic E-state index is 8.12. The summed E-state index contributed by atoms with van der Waals surface area (Å²) in [5.41, 5.74) is 1.12. The Hall–Kier alpha value is -1.35. The molecule has 1 aromatic carbocycles. The molecule has 0 N–H and O–H groups in total. The summed E-state index contributed by atoms with van der Waals surface area (Å²) in [6.07, 6.45) is 0.250. The molecule has 0 atom stereocenters. The van der Waals surface area contributed by atoms with Crippen molar-refractivity contribution in [2.24, 2.45) is 0 Å². The average Bonchev–Trinajstić information content (AvgIpc) is 2.18. The van der Waals surface area contributed by atoms with Crippen LogP contribution in [0.15, 0.2) is 18.2 Å². The van der Waals surface area contributed by atoms with E-state index < -0.39 is 0 Å². The van der Waals surface area contributed by atoms with Crippen molar-refractivity contribution in [2.45, 2.75) is 6.92 Å². The second kappa shape index (κ2) is 8.00. The molecule has 82 valence electrons. The molecular weight excluding hydrogens is 220 g/mol. The normalized spacial score (nSPS) is 8.47. The fraction of sp³-hybridized carbons (Fsp3) is 0.300. The monoisotopic (exact) mass is 230 g/mol. The first-order valence-corrected chi connectivity index (χ1v) is 4.40. The smallest absolute Gasteiger partial charge is 0.373 e. The van der Waals surface area contributed by atoms with Gasteiger partial charge < -0.3 is 9.47 Å². The van der Waals surface area contributed by atoms with Crippen molar-refractivity contribution in [3.05, 3.63) is 28.8 Å². The molecule has 1 rings (SSSR count). The molecule has 0 amide bonds. The van der Waals surface area contributed by atoms with Crippen molar-refractivity contribution in [1.82, 2.24) is 0 Å². The molecular formula is C10H11ClO4. The van der Waals surface area contributed by atoms with E-state index in [4.69, 9.17) is 30.7 Å². The topological polar surface area (TPSA) is 52.6 Å². The number of ether oxygens (including phenoxy) is 2. The van der Waals surface area contributed by atoms with Gasteiger partial charge in [-0.3, -0.25) is 0 Å². The molecule has 0 aliphatic heterocycles. The number of hydrogen-bond acceptors (Lipinski definition) is 4. The Labute approximate surface area is 92.8 Å². The van der Waals surface area contributed by atoms with Gasteiger partial charge >= 0.3 is 6.15 Å². The summed E-state index contributed by atoms with van der Waals surface area (Å²) in [6, 6.07) is 5.63. The van der Waals surface area contributed by atoms with Crippen LogP contribution in [0.1, 0.15) is 5.56 Å². The second-order valence-electron chi connectivity index (χ2n) is 2.57. The highest BCUT2D eigenvalue weighted by atomic mass is 35.5. The van der Waals surface area contributed by atoms with Gasteiger partial charge in [0.15, 0.2) is 6.79 Å². The van der Waals surface area contributed by atoms with Gasteiger partial charge in [0, 0.05) is 7.11 Å². The molecule has 0 radical (unpaired) electrons. The van der Waals surface area contributed by atoms with E-state index in [1.807, 2.05) is 25.1 Å². The van der Waals surface area contributed by atoms with Gasteiger partial charge in [0.1, 0.15) is 5.75 Å². The summed E-state index contributed by atoms with van der Waals surface area (Å²) in [7, 11) is 1.57. The fourth-order valence-corrected chi connectivity index (χ4v) is 1.13. The van der Waals surface area contributed by atoms with Crippen LogP contribution in [-0.2, 0) is 14.3 Å². The Kier molecular flexibility index (Phi) is 7.28. The third kappa shape index (κ3) is 5.86. The molecule has 0 spiro atoms. The van der Waals surface area contributed by atoms with Crippen molar-refractivity contribution in [3.8, 4) is 5.75 Å². The Morgan fingerprint density at radius 3 is 2.47 bits per heavy atom. The lowest BCUT2D eigenvalue weighted by molar-refractivity contribution is -0.191. The lowest BCUT2D eigenvalue weighted by Crippen LogP contribution is -1.99. The predicted molar refractivity (Wildman–Crippen MR) is 53.7 cm³/mol. The van der Waals surface area contributed by atoms with E-state index in [9.17, 15) is 0 Å². The van der Waals surface area contributed by atoms with Gasteiger partial charge in [-0.25, -0.2) is 0 Å². The molecule has 1 aromatic rings. The third-order valence-electron chi connectivity index (χ3n) is 1.42. The quantitative estimate of drug-likeness (QED) is 0.746. The molecule has 0 saturated carbocycles. The van der Waals surface area contributed by atoms with Gasteiger partial charge in [0.2, 0.25) is 0 Å². The zero-order chi connectivity index (χ0) is 11.7. The zero-order valence-corrected chi connectivity index (χ0v) is 9.21. The van der Waals surface area contributed by atoms with Crippen LogP contribution < -0.4 is 4.74 Å². The summed E-state index contributed by atoms with van der Waals surface area (Å²) in [6.45, 7) is 2.20. The van der Waals surface area contributed by atoms with Gasteiger partial charge in [0.25, 0.3) is 0 Å². The van der Waals surface area contributed by atoms with Gasteiger partial charge in [-0.05, 0) is 24.6 Å². The van der Waals surface area contributed by atoms with Gasteiger partial charge in [-0.1, -0.05) is 17.7 Å². The molecule has 0 unspecified atom stereocenters. The minimum absolute atomic E-state index is 0.225. The molecule has 0 fully saturated rings. The Bertz CT molecular complexity index is 332. The van der Waals surface area contributed by atoms with Gasteiger partial charge in [-0.2, -0.15) is 9.59 Å². The maximum Gasteiger partial charge on any atom is 0.373 e. The number of hydrogen-bond donors (Lipinski definition) is 0. The van der Waals surface area contributed by atoms with Crippen molar-refractivity contribution in [3.63, 3.8) is 0 Å². The van der Waals surface area contributed by atoms with E-state index in [-0.39, 0.29) is 12.9 Å². The molecule has 0 bridgehead atoms. The van der Waals surface area contributed by atoms with Crippen LogP contribution in [0.5, 0.6) is 5.75 Å². The standard InChI is InChI=1S/C9H11ClO2.CO2/c1-7-3-4-9(8(10)5-7)12-6-11-2;2-1-3/h3-5H,6H2,1-2H3;. The Morgan fingerprint density at radius 2 is 2.00 bits per heavy atom. The van der Waals surface area contributed by atoms with Crippen LogP contribution in [0.25, 0.3) is 0 Å². The van der Waals surface area contributed by atoms with Crippen LogP contribution in [-0.4, -0.2) is 20.1 Å². The van der Waals surface area contributed by atoms with Crippen LogP contribution in [0.3, 0.4) is 0 Å². The van der Waals surface area contributed by atoms with E-state index >= 15 is 0 Å². The van der Waals surface area contributed by atoms with E-state index in [0.29, 0.717) is 10.8 Å². The summed E-state index contributed by atoms with van der Waals surface area (Å²) >= 11 is 5.88. The SMILES string of the molecule is COCOc1ccc(C)cc1Cl.O=C=O. The number of halogens is 1. The highest BCUT2D eigenvalue weighted by molar-refractivity contribution is 6.32. The molecule has 0 heterocycles. The number of carbonyl (C=O) groups excluding carboxylic acids is 2. The predicted octanol–water partition coefficient (Wildman–Crippen LogP) is 2.05. The van der Waals surface area contributed by atoms with E-state index in [2.05, 4.69) is 0 Å². The number of rotatable bonds is 3. The summed E-state index contributed by atoms with van der Waals surface area (Å²) < 4.78 is 9.94. The number of benzene rings is 1. The molecule has 0 saturated heterocycles. The van der Waals surface area contributed by atoms with Crippen molar-refractivity contribution in [2.75, 3.05) is 13.9 Å². The first-order valence-electron chi connectivity index (χ1n) is 4.02. The van der Waals surface area contributed by atoms with Crippen molar-refractivity contribution in [1.29, 1.82) is 0 Å².